The van der Waals surface area contributed by atoms with E-state index in [-0.39, 0.29) is 37.0 Å². The molecule has 40 heavy (non-hydrogen) atoms. The molecule has 0 aliphatic carbocycles. The molecule has 9 nitrogen and oxygen atoms in total. The molecule has 0 radical (unpaired) electrons. The van der Waals surface area contributed by atoms with E-state index in [9.17, 15) is 19.2 Å². The maximum atomic E-state index is 14.0. The van der Waals surface area contributed by atoms with Crippen LogP contribution in [0.25, 0.3) is 0 Å². The molecule has 1 aromatic rings. The molecule has 218 valence electrons. The fourth-order valence-corrected chi connectivity index (χ4v) is 6.11. The number of aldehydes is 1. The zero-order valence-corrected chi connectivity index (χ0v) is 23.7. The minimum Gasteiger partial charge on any atom is -0.445 e. The van der Waals surface area contributed by atoms with Crippen LogP contribution in [0, 0.1) is 5.92 Å². The van der Waals surface area contributed by atoms with Crippen LogP contribution in [0.3, 0.4) is 0 Å². The SMILES string of the molecule is CC1(C)C[C@H]2C(CN3C(=O)[C@@H](NC(=O)OCc4ccccc4)CCCCC=CCCCC[C@@H](C=O)NC(=O)[C@H]23)O1. The number of carbonyl (C=O) groups excluding carboxylic acids is 4. The van der Waals surface area contributed by atoms with Crippen molar-refractivity contribution in [2.45, 2.75) is 108 Å². The van der Waals surface area contributed by atoms with Crippen molar-refractivity contribution in [3.8, 4) is 0 Å². The van der Waals surface area contributed by atoms with Gasteiger partial charge in [-0.3, -0.25) is 9.59 Å². The first-order valence-electron chi connectivity index (χ1n) is 14.6. The third kappa shape index (κ3) is 7.93. The average molecular weight is 554 g/mol. The van der Waals surface area contributed by atoms with Gasteiger partial charge in [-0.1, -0.05) is 55.3 Å². The van der Waals surface area contributed by atoms with Gasteiger partial charge in [-0.25, -0.2) is 4.79 Å². The van der Waals surface area contributed by atoms with Crippen molar-refractivity contribution in [3.63, 3.8) is 0 Å². The highest BCUT2D eigenvalue weighted by Crippen LogP contribution is 2.43. The van der Waals surface area contributed by atoms with Gasteiger partial charge in [-0.2, -0.15) is 0 Å². The summed E-state index contributed by atoms with van der Waals surface area (Å²) in [6, 6.07) is 7.12. The van der Waals surface area contributed by atoms with Gasteiger partial charge < -0.3 is 29.8 Å². The Balaban J connectivity index is 1.53. The van der Waals surface area contributed by atoms with Crippen LogP contribution in [-0.4, -0.2) is 65.5 Å². The summed E-state index contributed by atoms with van der Waals surface area (Å²) in [6.07, 6.45) is 10.9. The van der Waals surface area contributed by atoms with Crippen LogP contribution in [0.1, 0.15) is 77.2 Å². The van der Waals surface area contributed by atoms with Gasteiger partial charge in [0.05, 0.1) is 17.7 Å². The molecule has 0 saturated carbocycles. The molecule has 2 saturated heterocycles. The Morgan fingerprint density at radius 2 is 1.80 bits per heavy atom. The molecule has 5 atom stereocenters. The lowest BCUT2D eigenvalue weighted by Crippen LogP contribution is -2.56. The van der Waals surface area contributed by atoms with Gasteiger partial charge in [-0.05, 0) is 64.4 Å². The Morgan fingerprint density at radius 3 is 2.50 bits per heavy atom. The molecule has 0 bridgehead atoms. The van der Waals surface area contributed by atoms with E-state index in [1.165, 1.54) is 0 Å². The molecule has 0 aromatic heterocycles. The van der Waals surface area contributed by atoms with Gasteiger partial charge in [0, 0.05) is 12.5 Å². The Morgan fingerprint density at radius 1 is 1.10 bits per heavy atom. The van der Waals surface area contributed by atoms with Gasteiger partial charge in [-0.15, -0.1) is 0 Å². The number of fused-ring (bicyclic) bond motifs is 3. The number of hydrogen-bond acceptors (Lipinski definition) is 6. The van der Waals surface area contributed by atoms with Crippen molar-refractivity contribution in [2.24, 2.45) is 5.92 Å². The van der Waals surface area contributed by atoms with Crippen molar-refractivity contribution in [3.05, 3.63) is 48.0 Å². The van der Waals surface area contributed by atoms with Crippen LogP contribution in [0.4, 0.5) is 4.79 Å². The second-order valence-corrected chi connectivity index (χ2v) is 11.8. The molecule has 3 aliphatic rings. The Bertz CT molecular complexity index is 1060. The van der Waals surface area contributed by atoms with Crippen molar-refractivity contribution >= 4 is 24.2 Å². The number of allylic oxidation sites excluding steroid dienone is 2. The first-order chi connectivity index (χ1) is 19.3. The van der Waals surface area contributed by atoms with Crippen molar-refractivity contribution < 1.29 is 28.7 Å². The monoisotopic (exact) mass is 553 g/mol. The predicted octanol–water partition coefficient (Wildman–Crippen LogP) is 4.05. The maximum Gasteiger partial charge on any atom is 0.408 e. The topological polar surface area (TPSA) is 114 Å². The van der Waals surface area contributed by atoms with E-state index in [0.717, 1.165) is 50.4 Å². The van der Waals surface area contributed by atoms with Crippen LogP contribution in [0.2, 0.25) is 0 Å². The number of hydrogen-bond donors (Lipinski definition) is 2. The summed E-state index contributed by atoms with van der Waals surface area (Å²) in [7, 11) is 0. The smallest absolute Gasteiger partial charge is 0.408 e. The summed E-state index contributed by atoms with van der Waals surface area (Å²) < 4.78 is 11.7. The number of alkyl carbamates (subject to hydrolysis) is 1. The number of amides is 3. The maximum absolute atomic E-state index is 14.0. The van der Waals surface area contributed by atoms with Gasteiger partial charge >= 0.3 is 6.09 Å². The van der Waals surface area contributed by atoms with E-state index in [4.69, 9.17) is 9.47 Å². The van der Waals surface area contributed by atoms with Crippen molar-refractivity contribution in [1.82, 2.24) is 15.5 Å². The average Bonchev–Trinajstić information content (AvgIpc) is 3.42. The van der Waals surface area contributed by atoms with Gasteiger partial charge in [0.15, 0.2) is 0 Å². The molecule has 9 heteroatoms. The number of carbonyl (C=O) groups is 4. The molecule has 1 unspecified atom stereocenters. The fraction of sp³-hybridized carbons (Fsp3) is 0.613. The largest absolute Gasteiger partial charge is 0.445 e. The predicted molar refractivity (Wildman–Crippen MR) is 150 cm³/mol. The molecule has 0 spiro atoms. The summed E-state index contributed by atoms with van der Waals surface area (Å²) in [4.78, 5) is 53.8. The standard InChI is InChI=1S/C31H43N3O6/c1-31(2)18-24-26(40-31)19-34-27(24)28(36)32-23(20-35)16-12-7-5-3-4-6-8-13-17-25(29(34)37)33-30(38)39-21-22-14-10-9-11-15-22/h3-4,9-11,14-15,20,23-27H,5-8,12-13,16-19,21H2,1-2H3,(H,32,36)(H,33,38)/t23-,24-,25-,26?,27-/m0/s1. The van der Waals surface area contributed by atoms with Gasteiger partial charge in [0.2, 0.25) is 11.8 Å². The summed E-state index contributed by atoms with van der Waals surface area (Å²) >= 11 is 0. The second-order valence-electron chi connectivity index (χ2n) is 11.8. The summed E-state index contributed by atoms with van der Waals surface area (Å²) in [6.45, 7) is 4.33. The number of rotatable bonds is 4. The third-order valence-corrected chi connectivity index (χ3v) is 8.06. The van der Waals surface area contributed by atoms with Crippen LogP contribution >= 0.6 is 0 Å². The quantitative estimate of drug-likeness (QED) is 0.430. The van der Waals surface area contributed by atoms with Crippen molar-refractivity contribution in [2.75, 3.05) is 6.54 Å². The normalized spacial score (nSPS) is 29.6. The zero-order valence-electron chi connectivity index (χ0n) is 23.7. The lowest BCUT2D eigenvalue weighted by Gasteiger charge is -2.32. The van der Waals surface area contributed by atoms with Crippen LogP contribution in [-0.2, 0) is 30.5 Å². The number of benzene rings is 1. The second kappa shape index (κ2) is 13.9. The molecule has 2 N–H and O–H groups in total. The lowest BCUT2D eigenvalue weighted by molar-refractivity contribution is -0.142. The van der Waals surface area contributed by atoms with Crippen LogP contribution < -0.4 is 10.6 Å². The molecular weight excluding hydrogens is 510 g/mol. The first kappa shape index (κ1) is 29.8. The molecule has 3 amide bonds. The molecule has 2 fully saturated rings. The number of nitrogens with zero attached hydrogens (tertiary/aromatic N) is 1. The highest BCUT2D eigenvalue weighted by Gasteiger charge is 2.55. The van der Waals surface area contributed by atoms with E-state index in [1.807, 2.05) is 44.2 Å². The van der Waals surface area contributed by atoms with Crippen LogP contribution in [0.5, 0.6) is 0 Å². The number of ether oxygens (including phenoxy) is 2. The zero-order chi connectivity index (χ0) is 28.5. The highest BCUT2D eigenvalue weighted by molar-refractivity contribution is 5.93. The molecule has 4 rings (SSSR count). The van der Waals surface area contributed by atoms with Gasteiger partial charge in [0.1, 0.15) is 25.0 Å². The fourth-order valence-electron chi connectivity index (χ4n) is 6.11. The number of nitrogens with one attached hydrogen (secondary N) is 2. The van der Waals surface area contributed by atoms with E-state index in [0.29, 0.717) is 19.3 Å². The molecule has 3 heterocycles. The summed E-state index contributed by atoms with van der Waals surface area (Å²) in [5.41, 5.74) is 0.437. The first-order valence-corrected chi connectivity index (χ1v) is 14.6. The minimum atomic E-state index is -0.841. The molecular formula is C31H43N3O6. The van der Waals surface area contributed by atoms with Gasteiger partial charge in [0.25, 0.3) is 0 Å². The van der Waals surface area contributed by atoms with Crippen molar-refractivity contribution in [1.29, 1.82) is 0 Å². The Labute approximate surface area is 237 Å². The highest BCUT2D eigenvalue weighted by atomic mass is 16.5. The third-order valence-electron chi connectivity index (χ3n) is 8.06. The minimum absolute atomic E-state index is 0.0906. The van der Waals surface area contributed by atoms with E-state index in [1.54, 1.807) is 4.90 Å². The molecule has 1 aromatic carbocycles. The Hall–Kier alpha value is -3.20. The van der Waals surface area contributed by atoms with E-state index < -0.39 is 29.8 Å². The van der Waals surface area contributed by atoms with E-state index in [2.05, 4.69) is 22.8 Å². The lowest BCUT2D eigenvalue weighted by atomic mass is 9.89. The summed E-state index contributed by atoms with van der Waals surface area (Å²) in [5, 5.41) is 5.68. The van der Waals surface area contributed by atoms with E-state index >= 15 is 0 Å². The Kier molecular flexibility index (Phi) is 10.4. The van der Waals surface area contributed by atoms with Crippen LogP contribution in [0.15, 0.2) is 42.5 Å². The molecule has 3 aliphatic heterocycles. The summed E-state index contributed by atoms with van der Waals surface area (Å²) in [5.74, 6) is -0.854.